The van der Waals surface area contributed by atoms with Gasteiger partial charge in [0.05, 0.1) is 11.7 Å². The average Bonchev–Trinajstić information content (AvgIpc) is 2.13. The first-order valence-electron chi connectivity index (χ1n) is 5.19. The standard InChI is InChI=1S/C9H16F3NO3S/c1-3-4-7(2)17(15,16)13-8(14)5-6-9(10,11)12/h7H,3-6H2,1-2H3,(H,13,14). The fraction of sp³-hybridized carbons (Fsp3) is 0.889. The number of halogens is 3. The summed E-state index contributed by atoms with van der Waals surface area (Å²) in [4.78, 5) is 11.0. The first-order valence-corrected chi connectivity index (χ1v) is 6.74. The first kappa shape index (κ1) is 16.2. The van der Waals surface area contributed by atoms with E-state index in [0.29, 0.717) is 12.8 Å². The van der Waals surface area contributed by atoms with Crippen LogP contribution >= 0.6 is 0 Å². The molecule has 1 atom stereocenters. The summed E-state index contributed by atoms with van der Waals surface area (Å²) in [6, 6.07) is 0. The minimum absolute atomic E-state index is 0.349. The molecule has 4 nitrogen and oxygen atoms in total. The summed E-state index contributed by atoms with van der Waals surface area (Å²) in [6.45, 7) is 3.18. The van der Waals surface area contributed by atoms with Crippen molar-refractivity contribution in [2.24, 2.45) is 0 Å². The van der Waals surface area contributed by atoms with Crippen LogP contribution in [0.5, 0.6) is 0 Å². The molecule has 0 aliphatic carbocycles. The van der Waals surface area contributed by atoms with E-state index in [9.17, 15) is 26.4 Å². The monoisotopic (exact) mass is 275 g/mol. The van der Waals surface area contributed by atoms with Crippen molar-refractivity contribution < 1.29 is 26.4 Å². The van der Waals surface area contributed by atoms with Crippen LogP contribution in [-0.4, -0.2) is 25.8 Å². The summed E-state index contributed by atoms with van der Waals surface area (Å²) in [5.41, 5.74) is 0. The molecule has 0 radical (unpaired) electrons. The molecule has 0 spiro atoms. The Morgan fingerprint density at radius 2 is 1.88 bits per heavy atom. The van der Waals surface area contributed by atoms with Gasteiger partial charge in [-0.25, -0.2) is 8.42 Å². The van der Waals surface area contributed by atoms with Crippen LogP contribution in [-0.2, 0) is 14.8 Å². The number of hydrogen-bond donors (Lipinski definition) is 1. The van der Waals surface area contributed by atoms with Crippen LogP contribution in [0, 0.1) is 0 Å². The predicted octanol–water partition coefficient (Wildman–Crippen LogP) is 1.96. The lowest BCUT2D eigenvalue weighted by molar-refractivity contribution is -0.143. The van der Waals surface area contributed by atoms with E-state index in [0.717, 1.165) is 0 Å². The fourth-order valence-electron chi connectivity index (χ4n) is 1.13. The summed E-state index contributed by atoms with van der Waals surface area (Å²) in [5, 5.41) is -0.790. The molecule has 0 fully saturated rings. The molecule has 0 aromatic rings. The highest BCUT2D eigenvalue weighted by Crippen LogP contribution is 2.21. The number of amides is 1. The third-order valence-electron chi connectivity index (χ3n) is 2.12. The highest BCUT2D eigenvalue weighted by Gasteiger charge is 2.29. The van der Waals surface area contributed by atoms with E-state index in [1.807, 2.05) is 0 Å². The molecule has 102 valence electrons. The van der Waals surface area contributed by atoms with Crippen molar-refractivity contribution in [3.63, 3.8) is 0 Å². The van der Waals surface area contributed by atoms with Crippen LogP contribution in [0.15, 0.2) is 0 Å². The van der Waals surface area contributed by atoms with Crippen LogP contribution < -0.4 is 4.72 Å². The molecule has 0 aromatic heterocycles. The normalized spacial score (nSPS) is 14.4. The van der Waals surface area contributed by atoms with Gasteiger partial charge in [0.2, 0.25) is 15.9 Å². The Morgan fingerprint density at radius 3 is 2.29 bits per heavy atom. The number of nitrogens with one attached hydrogen (secondary N) is 1. The Morgan fingerprint density at radius 1 is 1.35 bits per heavy atom. The van der Waals surface area contributed by atoms with Crippen molar-refractivity contribution in [1.29, 1.82) is 0 Å². The van der Waals surface area contributed by atoms with Gasteiger partial charge in [-0.15, -0.1) is 0 Å². The molecule has 0 rings (SSSR count). The maximum Gasteiger partial charge on any atom is 0.389 e. The molecule has 8 heteroatoms. The van der Waals surface area contributed by atoms with Crippen LogP contribution in [0.2, 0.25) is 0 Å². The highest BCUT2D eigenvalue weighted by molar-refractivity contribution is 7.90. The zero-order chi connectivity index (χ0) is 13.7. The van der Waals surface area contributed by atoms with Crippen LogP contribution in [0.4, 0.5) is 13.2 Å². The molecule has 17 heavy (non-hydrogen) atoms. The van der Waals surface area contributed by atoms with E-state index >= 15 is 0 Å². The molecule has 0 aliphatic rings. The summed E-state index contributed by atoms with van der Waals surface area (Å²) < 4.78 is 59.9. The number of carbonyl (C=O) groups is 1. The molecular weight excluding hydrogens is 259 g/mol. The number of alkyl halides is 3. The minimum Gasteiger partial charge on any atom is -0.274 e. The summed E-state index contributed by atoms with van der Waals surface area (Å²) in [5.74, 6) is -1.12. The zero-order valence-electron chi connectivity index (χ0n) is 9.67. The maximum absolute atomic E-state index is 11.8. The second kappa shape index (κ2) is 6.23. The van der Waals surface area contributed by atoms with Crippen molar-refractivity contribution in [3.8, 4) is 0 Å². The zero-order valence-corrected chi connectivity index (χ0v) is 10.5. The van der Waals surface area contributed by atoms with Gasteiger partial charge >= 0.3 is 6.18 Å². The van der Waals surface area contributed by atoms with E-state index in [4.69, 9.17) is 0 Å². The molecule has 1 unspecified atom stereocenters. The number of carbonyl (C=O) groups excluding carboxylic acids is 1. The van der Waals surface area contributed by atoms with Gasteiger partial charge in [-0.2, -0.15) is 13.2 Å². The molecule has 0 saturated carbocycles. The Labute approximate surface area is 98.6 Å². The van der Waals surface area contributed by atoms with E-state index in [1.165, 1.54) is 6.92 Å². The third kappa shape index (κ3) is 7.19. The molecule has 0 bridgehead atoms. The Bertz CT molecular complexity index is 351. The molecule has 1 amide bonds. The minimum atomic E-state index is -4.46. The maximum atomic E-state index is 11.8. The first-order chi connectivity index (χ1) is 7.58. The smallest absolute Gasteiger partial charge is 0.274 e. The molecule has 0 saturated heterocycles. The topological polar surface area (TPSA) is 63.2 Å². The third-order valence-corrected chi connectivity index (χ3v) is 3.92. The van der Waals surface area contributed by atoms with Gasteiger partial charge in [-0.3, -0.25) is 9.52 Å². The van der Waals surface area contributed by atoms with Gasteiger partial charge < -0.3 is 0 Å². The lowest BCUT2D eigenvalue weighted by atomic mass is 10.3. The fourth-order valence-corrected chi connectivity index (χ4v) is 2.29. The Kier molecular flexibility index (Phi) is 5.94. The average molecular weight is 275 g/mol. The second-order valence-corrected chi connectivity index (χ2v) is 5.88. The van der Waals surface area contributed by atoms with Gasteiger partial charge in [-0.05, 0) is 13.3 Å². The predicted molar refractivity (Wildman–Crippen MR) is 56.7 cm³/mol. The second-order valence-electron chi connectivity index (χ2n) is 3.78. The van der Waals surface area contributed by atoms with Gasteiger partial charge in [0.15, 0.2) is 0 Å². The molecular formula is C9H16F3NO3S. The van der Waals surface area contributed by atoms with Gasteiger partial charge in [-0.1, -0.05) is 13.3 Å². The molecule has 1 N–H and O–H groups in total. The van der Waals surface area contributed by atoms with E-state index in [1.54, 1.807) is 11.6 Å². The van der Waals surface area contributed by atoms with Crippen molar-refractivity contribution in [1.82, 2.24) is 4.72 Å². The lowest BCUT2D eigenvalue weighted by Gasteiger charge is -2.13. The van der Waals surface area contributed by atoms with Crippen molar-refractivity contribution in [2.45, 2.75) is 51.0 Å². The SMILES string of the molecule is CCCC(C)S(=O)(=O)NC(=O)CCC(F)(F)F. The number of rotatable bonds is 6. The van der Waals surface area contributed by atoms with Gasteiger partial charge in [0, 0.05) is 6.42 Å². The largest absolute Gasteiger partial charge is 0.389 e. The van der Waals surface area contributed by atoms with Crippen LogP contribution in [0.25, 0.3) is 0 Å². The van der Waals surface area contributed by atoms with Crippen LogP contribution in [0.1, 0.15) is 39.5 Å². The highest BCUT2D eigenvalue weighted by atomic mass is 32.2. The lowest BCUT2D eigenvalue weighted by Crippen LogP contribution is -2.37. The number of sulfonamides is 1. The van der Waals surface area contributed by atoms with Crippen molar-refractivity contribution in [3.05, 3.63) is 0 Å². The van der Waals surface area contributed by atoms with Gasteiger partial charge in [0.1, 0.15) is 0 Å². The van der Waals surface area contributed by atoms with E-state index in [-0.39, 0.29) is 0 Å². The summed E-state index contributed by atoms with van der Waals surface area (Å²) >= 11 is 0. The van der Waals surface area contributed by atoms with Crippen molar-refractivity contribution in [2.75, 3.05) is 0 Å². The summed E-state index contributed by atoms with van der Waals surface area (Å²) in [7, 11) is -3.86. The van der Waals surface area contributed by atoms with Gasteiger partial charge in [0.25, 0.3) is 0 Å². The Hall–Kier alpha value is -0.790. The summed E-state index contributed by atoms with van der Waals surface area (Å²) in [6.07, 6.45) is -5.70. The number of hydrogen-bond acceptors (Lipinski definition) is 3. The van der Waals surface area contributed by atoms with Crippen molar-refractivity contribution >= 4 is 15.9 Å². The quantitative estimate of drug-likeness (QED) is 0.806. The molecule has 0 aliphatic heterocycles. The van der Waals surface area contributed by atoms with E-state index in [2.05, 4.69) is 0 Å². The van der Waals surface area contributed by atoms with E-state index < -0.39 is 40.2 Å². The Balaban J connectivity index is 4.29. The molecule has 0 aromatic carbocycles. The molecule has 0 heterocycles. The van der Waals surface area contributed by atoms with Crippen LogP contribution in [0.3, 0.4) is 0 Å².